The summed E-state index contributed by atoms with van der Waals surface area (Å²) in [6.45, 7) is 4.71. The lowest BCUT2D eigenvalue weighted by molar-refractivity contribution is -0.121. The van der Waals surface area contributed by atoms with Crippen molar-refractivity contribution in [2.75, 3.05) is 6.54 Å². The van der Waals surface area contributed by atoms with Crippen molar-refractivity contribution < 1.29 is 4.79 Å². The van der Waals surface area contributed by atoms with Crippen LogP contribution in [0.1, 0.15) is 28.2 Å². The summed E-state index contributed by atoms with van der Waals surface area (Å²) in [5, 5.41) is 7.35. The molecule has 0 aliphatic rings. The minimum atomic E-state index is 0.0821. The number of nitrogens with zero attached hydrogens (tertiary/aromatic N) is 2. The molecule has 0 spiro atoms. The van der Waals surface area contributed by atoms with Crippen molar-refractivity contribution in [2.45, 2.75) is 33.1 Å². The zero-order valence-corrected chi connectivity index (χ0v) is 14.1. The van der Waals surface area contributed by atoms with Crippen LogP contribution in [0.25, 0.3) is 0 Å². The zero-order chi connectivity index (χ0) is 15.4. The number of nitrogens with one attached hydrogen (secondary N) is 1. The molecule has 0 unspecified atom stereocenters. The molecule has 21 heavy (non-hydrogen) atoms. The molecule has 1 amide bonds. The molecule has 2 heterocycles. The minimum absolute atomic E-state index is 0.0821. The quantitative estimate of drug-likeness (QED) is 0.887. The number of amides is 1. The summed E-state index contributed by atoms with van der Waals surface area (Å²) >= 11 is 7.40. The summed E-state index contributed by atoms with van der Waals surface area (Å²) in [6, 6.07) is 3.84. The van der Waals surface area contributed by atoms with E-state index in [4.69, 9.17) is 11.6 Å². The van der Waals surface area contributed by atoms with Gasteiger partial charge < -0.3 is 5.32 Å². The Kier molecular flexibility index (Phi) is 5.42. The fourth-order valence-electron chi connectivity index (χ4n) is 2.32. The van der Waals surface area contributed by atoms with Crippen LogP contribution in [0, 0.1) is 13.8 Å². The first-order valence-electron chi connectivity index (χ1n) is 6.97. The number of carbonyl (C=O) groups is 1. The highest BCUT2D eigenvalue weighted by Gasteiger charge is 2.09. The van der Waals surface area contributed by atoms with Gasteiger partial charge in [-0.05, 0) is 44.4 Å². The fourth-order valence-corrected chi connectivity index (χ4v) is 3.40. The largest absolute Gasteiger partial charge is 0.356 e. The third-order valence-corrected chi connectivity index (χ3v) is 4.87. The number of carbonyl (C=O) groups excluding carboxylic acids is 1. The standard InChI is InChI=1S/C15H20ClN3OS/c1-10-13(11(2)19(3)18-10)8-9-17-15(20)7-5-12-4-6-14(16)21-12/h4,6H,5,7-9H2,1-3H3,(H,17,20). The average Bonchev–Trinajstić information content (AvgIpc) is 2.95. The molecule has 114 valence electrons. The Labute approximate surface area is 134 Å². The second kappa shape index (κ2) is 7.09. The topological polar surface area (TPSA) is 46.9 Å². The van der Waals surface area contributed by atoms with E-state index in [1.54, 1.807) is 0 Å². The highest BCUT2D eigenvalue weighted by Crippen LogP contribution is 2.22. The van der Waals surface area contributed by atoms with E-state index < -0.39 is 0 Å². The Morgan fingerprint density at radius 3 is 2.71 bits per heavy atom. The Morgan fingerprint density at radius 1 is 1.38 bits per heavy atom. The van der Waals surface area contributed by atoms with Crippen LogP contribution in [0.4, 0.5) is 0 Å². The van der Waals surface area contributed by atoms with Crippen LogP contribution in [-0.4, -0.2) is 22.2 Å². The third kappa shape index (κ3) is 4.32. The SMILES string of the molecule is Cc1nn(C)c(C)c1CCNC(=O)CCc1ccc(Cl)s1. The van der Waals surface area contributed by atoms with Crippen molar-refractivity contribution in [3.05, 3.63) is 38.3 Å². The lowest BCUT2D eigenvalue weighted by atomic mass is 10.1. The highest BCUT2D eigenvalue weighted by molar-refractivity contribution is 7.16. The summed E-state index contributed by atoms with van der Waals surface area (Å²) in [6.07, 6.45) is 2.07. The molecule has 0 atom stereocenters. The number of thiophene rings is 1. The fraction of sp³-hybridized carbons (Fsp3) is 0.467. The molecule has 2 aromatic rings. The molecule has 0 fully saturated rings. The maximum absolute atomic E-state index is 11.8. The molecular formula is C15H20ClN3OS. The normalized spacial score (nSPS) is 10.9. The smallest absolute Gasteiger partial charge is 0.220 e. The van der Waals surface area contributed by atoms with Crippen molar-refractivity contribution in [1.82, 2.24) is 15.1 Å². The van der Waals surface area contributed by atoms with E-state index >= 15 is 0 Å². The number of aromatic nitrogens is 2. The van der Waals surface area contributed by atoms with Gasteiger partial charge in [-0.15, -0.1) is 11.3 Å². The lowest BCUT2D eigenvalue weighted by Gasteiger charge is -2.05. The number of aryl methyl sites for hydroxylation is 3. The molecule has 6 heteroatoms. The van der Waals surface area contributed by atoms with Gasteiger partial charge in [-0.2, -0.15) is 5.10 Å². The molecule has 0 aromatic carbocycles. The molecule has 0 aliphatic heterocycles. The van der Waals surface area contributed by atoms with Crippen molar-refractivity contribution in [2.24, 2.45) is 7.05 Å². The van der Waals surface area contributed by atoms with Gasteiger partial charge in [-0.3, -0.25) is 9.48 Å². The molecule has 2 aromatic heterocycles. The van der Waals surface area contributed by atoms with Gasteiger partial charge in [0.1, 0.15) is 0 Å². The van der Waals surface area contributed by atoms with Crippen molar-refractivity contribution in [1.29, 1.82) is 0 Å². The second-order valence-electron chi connectivity index (χ2n) is 5.08. The van der Waals surface area contributed by atoms with E-state index in [9.17, 15) is 4.79 Å². The van der Waals surface area contributed by atoms with Crippen LogP contribution in [0.15, 0.2) is 12.1 Å². The second-order valence-corrected chi connectivity index (χ2v) is 6.88. The predicted octanol–water partition coefficient (Wildman–Crippen LogP) is 3.04. The van der Waals surface area contributed by atoms with Gasteiger partial charge in [-0.25, -0.2) is 0 Å². The van der Waals surface area contributed by atoms with Crippen LogP contribution in [-0.2, 0) is 24.7 Å². The Balaban J connectivity index is 1.74. The Bertz CT molecular complexity index is 633. The zero-order valence-electron chi connectivity index (χ0n) is 12.6. The summed E-state index contributed by atoms with van der Waals surface area (Å²) < 4.78 is 2.65. The maximum atomic E-state index is 11.8. The minimum Gasteiger partial charge on any atom is -0.356 e. The van der Waals surface area contributed by atoms with Crippen LogP contribution in [0.3, 0.4) is 0 Å². The highest BCUT2D eigenvalue weighted by atomic mass is 35.5. The number of rotatable bonds is 6. The maximum Gasteiger partial charge on any atom is 0.220 e. The van der Waals surface area contributed by atoms with E-state index in [1.807, 2.05) is 30.8 Å². The van der Waals surface area contributed by atoms with Crippen LogP contribution in [0.5, 0.6) is 0 Å². The van der Waals surface area contributed by atoms with Gasteiger partial charge in [0.15, 0.2) is 0 Å². The predicted molar refractivity (Wildman–Crippen MR) is 87.0 cm³/mol. The van der Waals surface area contributed by atoms with Crippen LogP contribution < -0.4 is 5.32 Å². The summed E-state index contributed by atoms with van der Waals surface area (Å²) in [5.74, 6) is 0.0821. The molecule has 0 saturated heterocycles. The summed E-state index contributed by atoms with van der Waals surface area (Å²) in [7, 11) is 1.94. The first-order chi connectivity index (χ1) is 9.97. The summed E-state index contributed by atoms with van der Waals surface area (Å²) in [4.78, 5) is 13.0. The first kappa shape index (κ1) is 16.0. The third-order valence-electron chi connectivity index (χ3n) is 3.58. The summed E-state index contributed by atoms with van der Waals surface area (Å²) in [5.41, 5.74) is 3.43. The Morgan fingerprint density at radius 2 is 2.14 bits per heavy atom. The molecule has 0 bridgehead atoms. The number of hydrogen-bond acceptors (Lipinski definition) is 3. The van der Waals surface area contributed by atoms with Gasteiger partial charge in [0.05, 0.1) is 10.0 Å². The first-order valence-corrected chi connectivity index (χ1v) is 8.17. The monoisotopic (exact) mass is 325 g/mol. The van der Waals surface area contributed by atoms with Gasteiger partial charge in [0.25, 0.3) is 0 Å². The average molecular weight is 326 g/mol. The van der Waals surface area contributed by atoms with Gasteiger partial charge in [0, 0.05) is 30.6 Å². The van der Waals surface area contributed by atoms with E-state index in [1.165, 1.54) is 16.9 Å². The lowest BCUT2D eigenvalue weighted by Crippen LogP contribution is -2.26. The van der Waals surface area contributed by atoms with E-state index in [2.05, 4.69) is 17.3 Å². The molecule has 4 nitrogen and oxygen atoms in total. The van der Waals surface area contributed by atoms with Gasteiger partial charge in [0.2, 0.25) is 5.91 Å². The molecule has 0 aliphatic carbocycles. The van der Waals surface area contributed by atoms with Crippen molar-refractivity contribution in [3.63, 3.8) is 0 Å². The van der Waals surface area contributed by atoms with Gasteiger partial charge in [-0.1, -0.05) is 11.6 Å². The molecule has 0 saturated carbocycles. The molecule has 0 radical (unpaired) electrons. The van der Waals surface area contributed by atoms with E-state index in [0.717, 1.165) is 33.4 Å². The van der Waals surface area contributed by atoms with Crippen LogP contribution >= 0.6 is 22.9 Å². The van der Waals surface area contributed by atoms with E-state index in [0.29, 0.717) is 13.0 Å². The molecule has 1 N–H and O–H groups in total. The van der Waals surface area contributed by atoms with E-state index in [-0.39, 0.29) is 5.91 Å². The molecular weight excluding hydrogens is 306 g/mol. The van der Waals surface area contributed by atoms with Gasteiger partial charge >= 0.3 is 0 Å². The van der Waals surface area contributed by atoms with Crippen molar-refractivity contribution in [3.8, 4) is 0 Å². The van der Waals surface area contributed by atoms with Crippen molar-refractivity contribution >= 4 is 28.8 Å². The number of hydrogen-bond donors (Lipinski definition) is 1. The number of halogens is 1. The molecule has 2 rings (SSSR count). The van der Waals surface area contributed by atoms with Crippen LogP contribution in [0.2, 0.25) is 4.34 Å². The Hall–Kier alpha value is -1.33.